The Morgan fingerprint density at radius 1 is 1.35 bits per heavy atom. The molecule has 0 amide bonds. The van der Waals surface area contributed by atoms with Crippen molar-refractivity contribution in [2.24, 2.45) is 7.05 Å². The average Bonchev–Trinajstić information content (AvgIpc) is 2.63. The summed E-state index contributed by atoms with van der Waals surface area (Å²) in [6.45, 7) is 0. The van der Waals surface area contributed by atoms with Gasteiger partial charge in [-0.05, 0) is 23.3 Å². The molecule has 17 heavy (non-hydrogen) atoms. The molecule has 0 aliphatic rings. The minimum Gasteiger partial charge on any atom is -0.399 e. The monoisotopic (exact) mass is 229 g/mol. The summed E-state index contributed by atoms with van der Waals surface area (Å²) in [5.41, 5.74) is 8.26. The number of nitrogens with two attached hydrogens (primary N) is 1. The van der Waals surface area contributed by atoms with Crippen LogP contribution in [0.25, 0.3) is 0 Å². The van der Waals surface area contributed by atoms with E-state index in [2.05, 4.69) is 5.10 Å². The van der Waals surface area contributed by atoms with Crippen molar-refractivity contribution < 1.29 is 4.79 Å². The molecule has 4 heteroatoms. The van der Waals surface area contributed by atoms with Gasteiger partial charge in [0.15, 0.2) is 0 Å². The van der Waals surface area contributed by atoms with Crippen LogP contribution in [0.1, 0.15) is 11.1 Å². The summed E-state index contributed by atoms with van der Waals surface area (Å²) < 4.78 is 1.70. The van der Waals surface area contributed by atoms with Gasteiger partial charge in [0.2, 0.25) is 0 Å². The number of anilines is 1. The van der Waals surface area contributed by atoms with E-state index < -0.39 is 0 Å². The van der Waals surface area contributed by atoms with Crippen LogP contribution in [0.2, 0.25) is 0 Å². The van der Waals surface area contributed by atoms with Gasteiger partial charge in [0, 0.05) is 31.8 Å². The third-order valence-electron chi connectivity index (χ3n) is 2.51. The Morgan fingerprint density at radius 3 is 2.76 bits per heavy atom. The highest BCUT2D eigenvalue weighted by molar-refractivity contribution is 5.83. The summed E-state index contributed by atoms with van der Waals surface area (Å²) in [7, 11) is 1.84. The number of ketones is 1. The molecule has 2 rings (SSSR count). The van der Waals surface area contributed by atoms with E-state index in [1.165, 1.54) is 0 Å². The van der Waals surface area contributed by atoms with Crippen molar-refractivity contribution in [3.63, 3.8) is 0 Å². The largest absolute Gasteiger partial charge is 0.399 e. The third-order valence-corrected chi connectivity index (χ3v) is 2.51. The Balaban J connectivity index is 1.98. The van der Waals surface area contributed by atoms with E-state index in [-0.39, 0.29) is 5.78 Å². The number of carbonyl (C=O) groups is 1. The maximum absolute atomic E-state index is 11.8. The Morgan fingerprint density at radius 2 is 2.12 bits per heavy atom. The van der Waals surface area contributed by atoms with Gasteiger partial charge in [-0.15, -0.1) is 0 Å². The van der Waals surface area contributed by atoms with Crippen LogP contribution in [-0.2, 0) is 24.7 Å². The molecule has 0 radical (unpaired) electrons. The summed E-state index contributed by atoms with van der Waals surface area (Å²) in [6.07, 6.45) is 4.41. The minimum atomic E-state index is 0.170. The van der Waals surface area contributed by atoms with Gasteiger partial charge >= 0.3 is 0 Å². The zero-order chi connectivity index (χ0) is 12.3. The number of nitrogens with zero attached hydrogens (tertiary/aromatic N) is 2. The van der Waals surface area contributed by atoms with Crippen LogP contribution in [-0.4, -0.2) is 15.6 Å². The number of Topliss-reactive ketones (excluding diaryl/α,β-unsaturated/α-hetero) is 1. The van der Waals surface area contributed by atoms with Crippen molar-refractivity contribution in [2.75, 3.05) is 5.73 Å². The molecule has 0 saturated heterocycles. The van der Waals surface area contributed by atoms with Crippen molar-refractivity contribution >= 4 is 11.5 Å². The smallest absolute Gasteiger partial charge is 0.141 e. The van der Waals surface area contributed by atoms with Crippen molar-refractivity contribution in [1.29, 1.82) is 0 Å². The Labute approximate surface area is 100 Å². The summed E-state index contributed by atoms with van der Waals surface area (Å²) >= 11 is 0. The van der Waals surface area contributed by atoms with Crippen LogP contribution >= 0.6 is 0 Å². The lowest BCUT2D eigenvalue weighted by atomic mass is 10.0. The molecule has 2 N–H and O–H groups in total. The van der Waals surface area contributed by atoms with Gasteiger partial charge in [-0.2, -0.15) is 5.10 Å². The van der Waals surface area contributed by atoms with Gasteiger partial charge < -0.3 is 5.73 Å². The fraction of sp³-hybridized carbons (Fsp3) is 0.231. The molecule has 88 valence electrons. The van der Waals surface area contributed by atoms with E-state index in [0.717, 1.165) is 11.1 Å². The first-order valence-corrected chi connectivity index (χ1v) is 5.47. The first kappa shape index (κ1) is 11.4. The summed E-state index contributed by atoms with van der Waals surface area (Å²) in [6, 6.07) is 7.43. The number of hydrogen-bond acceptors (Lipinski definition) is 3. The second kappa shape index (κ2) is 4.82. The topological polar surface area (TPSA) is 60.9 Å². The second-order valence-electron chi connectivity index (χ2n) is 4.16. The highest BCUT2D eigenvalue weighted by Gasteiger charge is 2.06. The van der Waals surface area contributed by atoms with Gasteiger partial charge in [0.25, 0.3) is 0 Å². The summed E-state index contributed by atoms with van der Waals surface area (Å²) in [5, 5.41) is 4.04. The number of nitrogen functional groups attached to an aromatic ring is 1. The number of benzene rings is 1. The molecular formula is C13H15N3O. The van der Waals surface area contributed by atoms with E-state index >= 15 is 0 Å². The molecule has 1 heterocycles. The maximum atomic E-state index is 11.8. The predicted molar refractivity (Wildman–Crippen MR) is 66.5 cm³/mol. The molecule has 0 unspecified atom stereocenters. The van der Waals surface area contributed by atoms with Gasteiger partial charge in [-0.3, -0.25) is 9.48 Å². The molecule has 0 aliphatic carbocycles. The molecule has 0 aliphatic heterocycles. The highest BCUT2D eigenvalue weighted by Crippen LogP contribution is 2.09. The zero-order valence-electron chi connectivity index (χ0n) is 9.76. The lowest BCUT2D eigenvalue weighted by Crippen LogP contribution is -2.06. The Bertz CT molecular complexity index is 531. The van der Waals surface area contributed by atoms with Crippen LogP contribution in [0, 0.1) is 0 Å². The molecule has 4 nitrogen and oxygen atoms in total. The number of rotatable bonds is 4. The molecule has 0 atom stereocenters. The highest BCUT2D eigenvalue weighted by atomic mass is 16.1. The first-order chi connectivity index (χ1) is 8.13. The van der Waals surface area contributed by atoms with E-state index in [1.54, 1.807) is 10.9 Å². The molecule has 1 aromatic heterocycles. The van der Waals surface area contributed by atoms with E-state index in [0.29, 0.717) is 18.5 Å². The third kappa shape index (κ3) is 3.17. The number of carbonyl (C=O) groups excluding carboxylic acids is 1. The van der Waals surface area contributed by atoms with Gasteiger partial charge in [0.1, 0.15) is 5.78 Å². The van der Waals surface area contributed by atoms with Crippen LogP contribution in [0.15, 0.2) is 36.7 Å². The van der Waals surface area contributed by atoms with E-state index in [4.69, 9.17) is 5.73 Å². The van der Waals surface area contributed by atoms with Crippen molar-refractivity contribution in [3.05, 3.63) is 47.8 Å². The fourth-order valence-electron chi connectivity index (χ4n) is 1.78. The molecule has 0 fully saturated rings. The van der Waals surface area contributed by atoms with Crippen LogP contribution in [0.5, 0.6) is 0 Å². The van der Waals surface area contributed by atoms with Gasteiger partial charge in [0.05, 0.1) is 6.20 Å². The molecular weight excluding hydrogens is 214 g/mol. The number of hydrogen-bond donors (Lipinski definition) is 1. The summed E-state index contributed by atoms with van der Waals surface area (Å²) in [5.74, 6) is 0.170. The molecule has 0 saturated carbocycles. The number of aromatic nitrogens is 2. The van der Waals surface area contributed by atoms with Crippen molar-refractivity contribution in [1.82, 2.24) is 9.78 Å². The SMILES string of the molecule is Cn1cc(CC(=O)Cc2cccc(N)c2)cn1. The number of aryl methyl sites for hydroxylation is 1. The minimum absolute atomic E-state index is 0.170. The molecule has 0 spiro atoms. The second-order valence-corrected chi connectivity index (χ2v) is 4.16. The standard InChI is InChI=1S/C13H15N3O/c1-16-9-11(8-15-16)7-13(17)6-10-3-2-4-12(14)5-10/h2-5,8-9H,6-7,14H2,1H3. The Kier molecular flexibility index (Phi) is 3.23. The lowest BCUT2D eigenvalue weighted by molar-refractivity contribution is -0.117. The fourth-order valence-corrected chi connectivity index (χ4v) is 1.78. The molecule has 0 bridgehead atoms. The van der Waals surface area contributed by atoms with E-state index in [1.807, 2.05) is 37.5 Å². The zero-order valence-corrected chi connectivity index (χ0v) is 9.76. The molecule has 2 aromatic rings. The Hall–Kier alpha value is -2.10. The maximum Gasteiger partial charge on any atom is 0.141 e. The van der Waals surface area contributed by atoms with Crippen molar-refractivity contribution in [2.45, 2.75) is 12.8 Å². The predicted octanol–water partition coefficient (Wildman–Crippen LogP) is 1.36. The van der Waals surface area contributed by atoms with Crippen LogP contribution in [0.3, 0.4) is 0 Å². The molecule has 1 aromatic carbocycles. The van der Waals surface area contributed by atoms with Crippen molar-refractivity contribution in [3.8, 4) is 0 Å². The normalized spacial score (nSPS) is 10.4. The average molecular weight is 229 g/mol. The quantitative estimate of drug-likeness (QED) is 0.805. The summed E-state index contributed by atoms with van der Waals surface area (Å²) in [4.78, 5) is 11.8. The van der Waals surface area contributed by atoms with E-state index in [9.17, 15) is 4.79 Å². The van der Waals surface area contributed by atoms with Crippen LogP contribution in [0.4, 0.5) is 5.69 Å². The first-order valence-electron chi connectivity index (χ1n) is 5.47. The van der Waals surface area contributed by atoms with Crippen LogP contribution < -0.4 is 5.73 Å². The van der Waals surface area contributed by atoms with Gasteiger partial charge in [-0.1, -0.05) is 12.1 Å². The lowest BCUT2D eigenvalue weighted by Gasteiger charge is -2.01. The van der Waals surface area contributed by atoms with Gasteiger partial charge in [-0.25, -0.2) is 0 Å².